The summed E-state index contributed by atoms with van der Waals surface area (Å²) in [5, 5.41) is 0. The smallest absolute Gasteiger partial charge is 0.216 e. The van der Waals surface area contributed by atoms with Crippen molar-refractivity contribution in [1.29, 1.82) is 0 Å². The highest BCUT2D eigenvalue weighted by Crippen LogP contribution is 2.46. The van der Waals surface area contributed by atoms with Gasteiger partial charge >= 0.3 is 0 Å². The van der Waals surface area contributed by atoms with Crippen molar-refractivity contribution in [2.75, 3.05) is 0 Å². The number of pyridine rings is 1. The fourth-order valence-electron chi connectivity index (χ4n) is 5.28. The highest BCUT2D eigenvalue weighted by atomic mass is 16.5. The molecule has 0 amide bonds. The third-order valence-electron chi connectivity index (χ3n) is 7.17. The van der Waals surface area contributed by atoms with Gasteiger partial charge in [-0.05, 0) is 74.6 Å². The van der Waals surface area contributed by atoms with Gasteiger partial charge < -0.3 is 4.74 Å². The molecule has 2 heterocycles. The minimum absolute atomic E-state index is 0.0565. The first-order valence-corrected chi connectivity index (χ1v) is 11.4. The Balaban J connectivity index is 1.63. The first-order valence-electron chi connectivity index (χ1n) is 11.4. The molecule has 2 aromatic carbocycles. The van der Waals surface area contributed by atoms with Crippen LogP contribution in [0.25, 0.3) is 22.4 Å². The van der Waals surface area contributed by atoms with E-state index in [1.54, 1.807) is 0 Å². The van der Waals surface area contributed by atoms with Gasteiger partial charge in [-0.3, -0.25) is 0 Å². The average molecular weight is 399 g/mol. The van der Waals surface area contributed by atoms with Crippen LogP contribution in [-0.4, -0.2) is 5.60 Å². The van der Waals surface area contributed by atoms with E-state index < -0.39 is 0 Å². The zero-order chi connectivity index (χ0) is 20.7. The van der Waals surface area contributed by atoms with Crippen molar-refractivity contribution < 1.29 is 9.30 Å². The van der Waals surface area contributed by atoms with Gasteiger partial charge in [-0.25, -0.2) is 4.57 Å². The Labute approximate surface area is 180 Å². The van der Waals surface area contributed by atoms with Crippen molar-refractivity contribution in [3.05, 3.63) is 71.4 Å². The van der Waals surface area contributed by atoms with Gasteiger partial charge in [0.05, 0.1) is 5.56 Å². The lowest BCUT2D eigenvalue weighted by Gasteiger charge is -2.42. The summed E-state index contributed by atoms with van der Waals surface area (Å²) in [6, 6.07) is 17.9. The topological polar surface area (TPSA) is 13.1 Å². The molecular formula is C28H32NO+. The Morgan fingerprint density at radius 2 is 1.60 bits per heavy atom. The summed E-state index contributed by atoms with van der Waals surface area (Å²) in [6.07, 6.45) is 10.8. The number of hydrogen-bond acceptors (Lipinski definition) is 1. The van der Waals surface area contributed by atoms with Crippen LogP contribution in [0.1, 0.15) is 55.2 Å². The maximum absolute atomic E-state index is 6.93. The van der Waals surface area contributed by atoms with Gasteiger partial charge in [-0.2, -0.15) is 0 Å². The monoisotopic (exact) mass is 398 g/mol. The van der Waals surface area contributed by atoms with Crippen LogP contribution in [0.4, 0.5) is 0 Å². The molecule has 2 nitrogen and oxygen atoms in total. The van der Waals surface area contributed by atoms with Crippen LogP contribution in [0.2, 0.25) is 0 Å². The molecule has 2 heteroatoms. The maximum atomic E-state index is 6.93. The SMILES string of the molecule is Cc1ccc(-c2cc[n+](C)c(-c3c(C)ccc4c3OC3(CCCCC3)CC4)c2)cc1. The predicted octanol–water partition coefficient (Wildman–Crippen LogP) is 6.49. The second-order valence-electron chi connectivity index (χ2n) is 9.37. The van der Waals surface area contributed by atoms with E-state index in [-0.39, 0.29) is 5.60 Å². The summed E-state index contributed by atoms with van der Waals surface area (Å²) in [6.45, 7) is 4.36. The lowest BCUT2D eigenvalue weighted by Crippen LogP contribution is -2.42. The standard InChI is InChI=1S/C28H32NO/c1-20-7-10-22(11-8-20)24-14-18-29(3)25(19-24)26-21(2)9-12-23-13-17-28(30-27(23)26)15-5-4-6-16-28/h7-12,14,18-19H,4-6,13,15-17H2,1-3H3/q+1. The van der Waals surface area contributed by atoms with Crippen LogP contribution < -0.4 is 9.30 Å². The summed E-state index contributed by atoms with van der Waals surface area (Å²) in [5.41, 5.74) is 9.02. The van der Waals surface area contributed by atoms with Crippen LogP contribution >= 0.6 is 0 Å². The Bertz CT molecular complexity index is 1070. The first-order chi connectivity index (χ1) is 14.5. The summed E-state index contributed by atoms with van der Waals surface area (Å²) >= 11 is 0. The number of rotatable bonds is 2. The van der Waals surface area contributed by atoms with Crippen LogP contribution in [0.15, 0.2) is 54.7 Å². The van der Waals surface area contributed by atoms with Crippen LogP contribution in [0, 0.1) is 13.8 Å². The first kappa shape index (κ1) is 19.4. The van der Waals surface area contributed by atoms with Gasteiger partial charge in [0.1, 0.15) is 18.4 Å². The highest BCUT2D eigenvalue weighted by Gasteiger charge is 2.39. The van der Waals surface area contributed by atoms with Crippen molar-refractivity contribution >= 4 is 0 Å². The molecule has 5 rings (SSSR count). The minimum Gasteiger partial charge on any atom is -0.486 e. The van der Waals surface area contributed by atoms with Gasteiger partial charge in [0, 0.05) is 12.1 Å². The highest BCUT2D eigenvalue weighted by molar-refractivity contribution is 5.75. The van der Waals surface area contributed by atoms with Crippen molar-refractivity contribution in [2.24, 2.45) is 7.05 Å². The predicted molar refractivity (Wildman–Crippen MR) is 123 cm³/mol. The van der Waals surface area contributed by atoms with Gasteiger partial charge in [0.2, 0.25) is 5.69 Å². The number of hydrogen-bond donors (Lipinski definition) is 0. The number of aryl methyl sites for hydroxylation is 4. The molecule has 2 aliphatic rings. The molecule has 154 valence electrons. The van der Waals surface area contributed by atoms with Crippen molar-refractivity contribution in [3.63, 3.8) is 0 Å². The third kappa shape index (κ3) is 3.43. The Hall–Kier alpha value is -2.61. The molecule has 0 unspecified atom stereocenters. The number of fused-ring (bicyclic) bond motifs is 1. The average Bonchev–Trinajstić information content (AvgIpc) is 2.76. The summed E-state index contributed by atoms with van der Waals surface area (Å²) in [4.78, 5) is 0. The summed E-state index contributed by atoms with van der Waals surface area (Å²) in [7, 11) is 2.15. The summed E-state index contributed by atoms with van der Waals surface area (Å²) < 4.78 is 9.17. The molecule has 0 atom stereocenters. The molecule has 1 aliphatic heterocycles. The molecule has 0 bridgehead atoms. The van der Waals surface area contributed by atoms with Crippen molar-refractivity contribution in [3.8, 4) is 28.1 Å². The largest absolute Gasteiger partial charge is 0.486 e. The van der Waals surface area contributed by atoms with E-state index >= 15 is 0 Å². The van der Waals surface area contributed by atoms with Gasteiger partial charge in [-0.1, -0.05) is 48.4 Å². The second kappa shape index (κ2) is 7.58. The zero-order valence-corrected chi connectivity index (χ0v) is 18.5. The number of nitrogens with zero attached hydrogens (tertiary/aromatic N) is 1. The fourth-order valence-corrected chi connectivity index (χ4v) is 5.28. The van der Waals surface area contributed by atoms with Crippen molar-refractivity contribution in [1.82, 2.24) is 0 Å². The fraction of sp³-hybridized carbons (Fsp3) is 0.393. The normalized spacial score (nSPS) is 17.4. The molecule has 3 aromatic rings. The molecule has 0 N–H and O–H groups in total. The van der Waals surface area contributed by atoms with Gasteiger partial charge in [-0.15, -0.1) is 0 Å². The van der Waals surface area contributed by atoms with E-state index in [2.05, 4.69) is 80.2 Å². The lowest BCUT2D eigenvalue weighted by molar-refractivity contribution is -0.660. The third-order valence-corrected chi connectivity index (χ3v) is 7.17. The Kier molecular flexibility index (Phi) is 4.89. The molecule has 1 aliphatic carbocycles. The quantitative estimate of drug-likeness (QED) is 0.450. The minimum atomic E-state index is 0.0565. The summed E-state index contributed by atoms with van der Waals surface area (Å²) in [5.74, 6) is 1.14. The number of benzene rings is 2. The maximum Gasteiger partial charge on any atom is 0.216 e. The Morgan fingerprint density at radius 1 is 0.833 bits per heavy atom. The van der Waals surface area contributed by atoms with E-state index in [1.165, 1.54) is 71.2 Å². The van der Waals surface area contributed by atoms with Crippen LogP contribution in [0.3, 0.4) is 0 Å². The van der Waals surface area contributed by atoms with Gasteiger partial charge in [0.25, 0.3) is 0 Å². The molecule has 30 heavy (non-hydrogen) atoms. The number of ether oxygens (including phenoxy) is 1. The molecule has 1 saturated carbocycles. The van der Waals surface area contributed by atoms with Crippen LogP contribution in [-0.2, 0) is 13.5 Å². The second-order valence-corrected chi connectivity index (χ2v) is 9.37. The molecule has 1 fully saturated rings. The number of aromatic nitrogens is 1. The van der Waals surface area contributed by atoms with Crippen molar-refractivity contribution in [2.45, 2.75) is 64.4 Å². The van der Waals surface area contributed by atoms with E-state index in [4.69, 9.17) is 4.74 Å². The molecule has 0 saturated heterocycles. The van der Waals surface area contributed by atoms with E-state index in [0.717, 1.165) is 18.6 Å². The van der Waals surface area contributed by atoms with E-state index in [0.29, 0.717) is 0 Å². The Morgan fingerprint density at radius 3 is 2.37 bits per heavy atom. The zero-order valence-electron chi connectivity index (χ0n) is 18.5. The molecule has 0 radical (unpaired) electrons. The van der Waals surface area contributed by atoms with E-state index in [9.17, 15) is 0 Å². The van der Waals surface area contributed by atoms with E-state index in [1.807, 2.05) is 0 Å². The molecule has 1 aromatic heterocycles. The molecular weight excluding hydrogens is 366 g/mol. The van der Waals surface area contributed by atoms with Gasteiger partial charge in [0.15, 0.2) is 6.20 Å². The molecule has 1 spiro atoms. The van der Waals surface area contributed by atoms with Crippen LogP contribution in [0.5, 0.6) is 5.75 Å². The lowest BCUT2D eigenvalue weighted by atomic mass is 9.78.